The molecule has 21 heavy (non-hydrogen) atoms. The summed E-state index contributed by atoms with van der Waals surface area (Å²) in [5.41, 5.74) is 0.591. The molecule has 1 saturated carbocycles. The summed E-state index contributed by atoms with van der Waals surface area (Å²) in [5, 5.41) is 23.2. The fourth-order valence-electron chi connectivity index (χ4n) is 2.91. The van der Waals surface area contributed by atoms with Gasteiger partial charge >= 0.3 is 0 Å². The van der Waals surface area contributed by atoms with Gasteiger partial charge in [-0.3, -0.25) is 14.9 Å². The molecule has 1 aromatic rings. The Bertz CT molecular complexity index is 573. The first kappa shape index (κ1) is 15.4. The van der Waals surface area contributed by atoms with Gasteiger partial charge in [0, 0.05) is 28.7 Å². The zero-order valence-corrected chi connectivity index (χ0v) is 12.3. The van der Waals surface area contributed by atoms with Crippen molar-refractivity contribution in [2.75, 3.05) is 6.61 Å². The van der Waals surface area contributed by atoms with Gasteiger partial charge in [-0.15, -0.1) is 0 Å². The summed E-state index contributed by atoms with van der Waals surface area (Å²) in [6.45, 7) is 3.62. The third-order valence-corrected chi connectivity index (χ3v) is 4.40. The Morgan fingerprint density at radius 1 is 1.57 bits per heavy atom. The normalized spacial score (nSPS) is 24.8. The Hall–Kier alpha value is -1.95. The third kappa shape index (κ3) is 3.05. The van der Waals surface area contributed by atoms with Gasteiger partial charge in [0.15, 0.2) is 0 Å². The van der Waals surface area contributed by atoms with Crippen LogP contribution in [0.2, 0.25) is 0 Å². The van der Waals surface area contributed by atoms with Gasteiger partial charge in [-0.25, -0.2) is 0 Å². The fraction of sp³-hybridized carbons (Fsp3) is 0.533. The van der Waals surface area contributed by atoms with E-state index in [4.69, 9.17) is 0 Å². The molecule has 2 rings (SSSR count). The van der Waals surface area contributed by atoms with E-state index in [9.17, 15) is 20.0 Å². The van der Waals surface area contributed by atoms with Crippen molar-refractivity contribution >= 4 is 11.6 Å². The number of amides is 1. The number of carbonyl (C=O) groups excluding carboxylic acids is 1. The quantitative estimate of drug-likeness (QED) is 0.657. The molecule has 1 aliphatic carbocycles. The summed E-state index contributed by atoms with van der Waals surface area (Å²) in [6, 6.07) is 4.28. The molecule has 0 aliphatic heterocycles. The van der Waals surface area contributed by atoms with Crippen molar-refractivity contribution in [3.8, 4) is 0 Å². The topological polar surface area (TPSA) is 92.5 Å². The average molecular weight is 292 g/mol. The second-order valence-corrected chi connectivity index (χ2v) is 5.99. The second kappa shape index (κ2) is 5.81. The van der Waals surface area contributed by atoms with Crippen LogP contribution in [0.1, 0.15) is 42.1 Å². The molecule has 1 aliphatic rings. The van der Waals surface area contributed by atoms with E-state index < -0.39 is 4.92 Å². The number of nitro groups is 1. The SMILES string of the molecule is Cc1cc(C(=O)NC2CCCC2(C)CO)ccc1[N+](=O)[O-]. The number of nitrogens with one attached hydrogen (secondary N) is 1. The lowest BCUT2D eigenvalue weighted by atomic mass is 9.85. The molecule has 1 amide bonds. The molecule has 6 heteroatoms. The van der Waals surface area contributed by atoms with Crippen LogP contribution in [0.5, 0.6) is 0 Å². The highest BCUT2D eigenvalue weighted by atomic mass is 16.6. The summed E-state index contributed by atoms with van der Waals surface area (Å²) < 4.78 is 0. The molecular formula is C15H20N2O4. The van der Waals surface area contributed by atoms with Gasteiger partial charge < -0.3 is 10.4 Å². The lowest BCUT2D eigenvalue weighted by molar-refractivity contribution is -0.385. The summed E-state index contributed by atoms with van der Waals surface area (Å²) >= 11 is 0. The molecule has 2 unspecified atom stereocenters. The lowest BCUT2D eigenvalue weighted by Gasteiger charge is -2.30. The van der Waals surface area contributed by atoms with Crippen molar-refractivity contribution in [1.82, 2.24) is 5.32 Å². The van der Waals surface area contributed by atoms with Crippen LogP contribution >= 0.6 is 0 Å². The second-order valence-electron chi connectivity index (χ2n) is 5.99. The molecule has 114 valence electrons. The Balaban J connectivity index is 2.14. The molecule has 0 saturated heterocycles. The summed E-state index contributed by atoms with van der Waals surface area (Å²) in [6.07, 6.45) is 2.70. The van der Waals surface area contributed by atoms with Gasteiger partial charge in [-0.1, -0.05) is 13.3 Å². The van der Waals surface area contributed by atoms with Crippen molar-refractivity contribution in [2.45, 2.75) is 39.2 Å². The number of aryl methyl sites for hydroxylation is 1. The van der Waals surface area contributed by atoms with Crippen LogP contribution in [0.3, 0.4) is 0 Å². The molecule has 6 nitrogen and oxygen atoms in total. The zero-order valence-electron chi connectivity index (χ0n) is 12.3. The average Bonchev–Trinajstić information content (AvgIpc) is 2.80. The number of rotatable bonds is 4. The van der Waals surface area contributed by atoms with Crippen LogP contribution in [-0.2, 0) is 0 Å². The van der Waals surface area contributed by atoms with Crippen LogP contribution < -0.4 is 5.32 Å². The molecule has 0 bridgehead atoms. The maximum atomic E-state index is 12.3. The predicted octanol–water partition coefficient (Wildman–Crippen LogP) is 2.18. The predicted molar refractivity (Wildman–Crippen MR) is 78.1 cm³/mol. The monoisotopic (exact) mass is 292 g/mol. The lowest BCUT2D eigenvalue weighted by Crippen LogP contribution is -2.44. The number of benzene rings is 1. The van der Waals surface area contributed by atoms with E-state index in [0.29, 0.717) is 11.1 Å². The van der Waals surface area contributed by atoms with E-state index in [0.717, 1.165) is 19.3 Å². The number of nitro benzene ring substituents is 1. The molecule has 2 atom stereocenters. The Kier molecular flexibility index (Phi) is 4.27. The molecule has 0 radical (unpaired) electrons. The number of hydrogen-bond acceptors (Lipinski definition) is 4. The van der Waals surface area contributed by atoms with E-state index in [1.807, 2.05) is 6.92 Å². The van der Waals surface area contributed by atoms with Gasteiger partial charge in [-0.2, -0.15) is 0 Å². The molecule has 0 aromatic heterocycles. The fourth-order valence-corrected chi connectivity index (χ4v) is 2.91. The van der Waals surface area contributed by atoms with E-state index >= 15 is 0 Å². The van der Waals surface area contributed by atoms with Crippen molar-refractivity contribution in [1.29, 1.82) is 0 Å². The van der Waals surface area contributed by atoms with Gasteiger partial charge in [0.05, 0.1) is 11.5 Å². The number of nitrogens with zero attached hydrogens (tertiary/aromatic N) is 1. The number of hydrogen-bond donors (Lipinski definition) is 2. The number of aliphatic hydroxyl groups excluding tert-OH is 1. The van der Waals surface area contributed by atoms with E-state index in [1.54, 1.807) is 6.92 Å². The molecule has 2 N–H and O–H groups in total. The van der Waals surface area contributed by atoms with Gasteiger partial charge in [0.2, 0.25) is 0 Å². The van der Waals surface area contributed by atoms with Crippen molar-refractivity contribution in [2.24, 2.45) is 5.41 Å². The maximum Gasteiger partial charge on any atom is 0.272 e. The minimum atomic E-state index is -0.461. The first-order valence-corrected chi connectivity index (χ1v) is 7.04. The van der Waals surface area contributed by atoms with E-state index in [2.05, 4.69) is 5.32 Å². The van der Waals surface area contributed by atoms with Gasteiger partial charge in [0.25, 0.3) is 11.6 Å². The number of carbonyl (C=O) groups is 1. The standard InChI is InChI=1S/C15H20N2O4/c1-10-8-11(5-6-12(10)17(20)21)14(19)16-13-4-3-7-15(13,2)9-18/h5-6,8,13,18H,3-4,7,9H2,1-2H3,(H,16,19). The maximum absolute atomic E-state index is 12.3. The largest absolute Gasteiger partial charge is 0.396 e. The van der Waals surface area contributed by atoms with Crippen molar-refractivity contribution in [3.05, 3.63) is 39.4 Å². The van der Waals surface area contributed by atoms with Gasteiger partial charge in [0.1, 0.15) is 0 Å². The van der Waals surface area contributed by atoms with Gasteiger partial charge in [-0.05, 0) is 31.9 Å². The Morgan fingerprint density at radius 2 is 2.29 bits per heavy atom. The summed E-state index contributed by atoms with van der Waals surface area (Å²) in [5.74, 6) is -0.250. The smallest absolute Gasteiger partial charge is 0.272 e. The molecule has 0 spiro atoms. The molecule has 1 fully saturated rings. The van der Waals surface area contributed by atoms with Crippen LogP contribution in [-0.4, -0.2) is 28.6 Å². The molecule has 1 aromatic carbocycles. The molecule has 0 heterocycles. The van der Waals surface area contributed by atoms with Crippen LogP contribution in [0.25, 0.3) is 0 Å². The van der Waals surface area contributed by atoms with E-state index in [-0.39, 0.29) is 29.7 Å². The first-order valence-electron chi connectivity index (χ1n) is 7.04. The summed E-state index contributed by atoms with van der Waals surface area (Å²) in [4.78, 5) is 22.6. The third-order valence-electron chi connectivity index (χ3n) is 4.40. The first-order chi connectivity index (χ1) is 9.87. The van der Waals surface area contributed by atoms with Crippen LogP contribution in [0.4, 0.5) is 5.69 Å². The molecular weight excluding hydrogens is 272 g/mol. The Morgan fingerprint density at radius 3 is 2.86 bits per heavy atom. The summed E-state index contributed by atoms with van der Waals surface area (Å²) in [7, 11) is 0. The minimum absolute atomic E-state index is 0.00705. The van der Waals surface area contributed by atoms with Crippen molar-refractivity contribution in [3.63, 3.8) is 0 Å². The highest BCUT2D eigenvalue weighted by Gasteiger charge is 2.39. The minimum Gasteiger partial charge on any atom is -0.396 e. The zero-order chi connectivity index (χ0) is 15.6. The van der Waals surface area contributed by atoms with Crippen LogP contribution in [0.15, 0.2) is 18.2 Å². The highest BCUT2D eigenvalue weighted by molar-refractivity contribution is 5.95. The highest BCUT2D eigenvalue weighted by Crippen LogP contribution is 2.37. The Labute approximate surface area is 123 Å². The van der Waals surface area contributed by atoms with Crippen LogP contribution in [0, 0.1) is 22.5 Å². The van der Waals surface area contributed by atoms with E-state index in [1.165, 1.54) is 18.2 Å². The van der Waals surface area contributed by atoms with Crippen molar-refractivity contribution < 1.29 is 14.8 Å². The number of aliphatic hydroxyl groups is 1.